The Labute approximate surface area is 566 Å². The second-order valence-corrected chi connectivity index (χ2v) is 25.3. The van der Waals surface area contributed by atoms with Crippen molar-refractivity contribution in [3.8, 4) is 17.2 Å². The Kier molecular flexibility index (Phi) is 32.2. The maximum atomic E-state index is 14.7. The fraction of sp³-hybridized carbons (Fsp3) is 0.465. The third-order valence-electron chi connectivity index (χ3n) is 15.9. The number of fused-ring (bicyclic) bond motifs is 1. The summed E-state index contributed by atoms with van der Waals surface area (Å²) in [6, 6.07) is 26.3. The minimum atomic E-state index is -4.62. The van der Waals surface area contributed by atoms with E-state index < -0.39 is 83.8 Å². The predicted molar refractivity (Wildman–Crippen MR) is 364 cm³/mol. The van der Waals surface area contributed by atoms with Gasteiger partial charge in [0.1, 0.15) is 5.75 Å². The molecular weight excluding hydrogens is 1260 g/mol. The lowest BCUT2D eigenvalue weighted by molar-refractivity contribution is -0.142. The third-order valence-corrected chi connectivity index (χ3v) is 16.6. The van der Waals surface area contributed by atoms with E-state index in [9.17, 15) is 56.6 Å². The summed E-state index contributed by atoms with van der Waals surface area (Å²) in [4.78, 5) is 116. The first-order valence-corrected chi connectivity index (χ1v) is 33.5. The Morgan fingerprint density at radius 3 is 1.74 bits per heavy atom. The number of Topliss-reactive ketones (excluding diaryl/α,β-unsaturated/α-hetero) is 1. The number of halogens is 3. The van der Waals surface area contributed by atoms with Gasteiger partial charge in [0.2, 0.25) is 48.1 Å². The summed E-state index contributed by atoms with van der Waals surface area (Å²) in [6.45, 7) is 11.6. The smallest absolute Gasteiger partial charge is 0.416 e. The van der Waals surface area contributed by atoms with Crippen LogP contribution >= 0.6 is 11.8 Å². The van der Waals surface area contributed by atoms with Crippen molar-refractivity contribution in [3.05, 3.63) is 160 Å². The number of amides is 7. The molecule has 0 aliphatic carbocycles. The summed E-state index contributed by atoms with van der Waals surface area (Å²) in [7, 11) is 0. The van der Waals surface area contributed by atoms with Gasteiger partial charge >= 0.3 is 6.18 Å². The Bertz CT molecular complexity index is 3330. The number of carbonyl (C=O) groups is 8. The molecule has 1 heterocycles. The molecule has 9 N–H and O–H groups in total. The summed E-state index contributed by atoms with van der Waals surface area (Å²) in [5.41, 5.74) is 21.7. The molecule has 0 radical (unpaired) electrons. The van der Waals surface area contributed by atoms with E-state index >= 15 is 0 Å². The molecule has 21 nitrogen and oxygen atoms in total. The number of alkyl halides is 3. The number of benzene rings is 4. The van der Waals surface area contributed by atoms with Crippen LogP contribution in [-0.2, 0) is 70.6 Å². The van der Waals surface area contributed by atoms with Gasteiger partial charge in [0.05, 0.1) is 48.9 Å². The first kappa shape index (κ1) is 78.2. The quantitative estimate of drug-likeness (QED) is 0.0193. The average molecular weight is 1350 g/mol. The molecular formula is C71H95F3N10O11S. The third kappa shape index (κ3) is 26.6. The Morgan fingerprint density at radius 1 is 0.625 bits per heavy atom. The number of rotatable bonds is 40. The van der Waals surface area contributed by atoms with Crippen LogP contribution in [0, 0.1) is 23.7 Å². The topological polar surface area (TPSA) is 294 Å². The zero-order chi connectivity index (χ0) is 70.5. The molecule has 0 fully saturated rings. The molecule has 1 unspecified atom stereocenters. The molecule has 1 aliphatic heterocycles. The number of nitrogens with one attached hydrogen (secondary N) is 2. The van der Waals surface area contributed by atoms with Gasteiger partial charge in [-0.2, -0.15) is 24.9 Å². The fourth-order valence-electron chi connectivity index (χ4n) is 11.0. The van der Waals surface area contributed by atoms with Crippen LogP contribution in [0.2, 0.25) is 0 Å². The molecule has 522 valence electrons. The van der Waals surface area contributed by atoms with Crippen molar-refractivity contribution in [1.29, 1.82) is 0 Å². The van der Waals surface area contributed by atoms with Gasteiger partial charge in [-0.1, -0.05) is 116 Å². The summed E-state index contributed by atoms with van der Waals surface area (Å²) >= 11 is 1.35. The highest BCUT2D eigenvalue weighted by Crippen LogP contribution is 2.33. The van der Waals surface area contributed by atoms with E-state index in [1.165, 1.54) is 38.6 Å². The van der Waals surface area contributed by atoms with Crippen molar-refractivity contribution in [1.82, 2.24) is 35.1 Å². The number of nitrogens with two attached hydrogens (primary N) is 3. The minimum absolute atomic E-state index is 0.00253. The van der Waals surface area contributed by atoms with Crippen LogP contribution in [0.4, 0.5) is 13.2 Å². The zero-order valence-corrected chi connectivity index (χ0v) is 57.0. The molecule has 0 aromatic heterocycles. The highest BCUT2D eigenvalue weighted by molar-refractivity contribution is 7.98. The fourth-order valence-corrected chi connectivity index (χ4v) is 11.7. The van der Waals surface area contributed by atoms with Crippen LogP contribution in [0.15, 0.2) is 132 Å². The lowest BCUT2D eigenvalue weighted by Crippen LogP contribution is -2.47. The predicted octanol–water partition coefficient (Wildman–Crippen LogP) is 7.00. The van der Waals surface area contributed by atoms with Gasteiger partial charge in [-0.15, -0.1) is 0 Å². The van der Waals surface area contributed by atoms with E-state index in [0.29, 0.717) is 54.4 Å². The molecule has 0 bridgehead atoms. The van der Waals surface area contributed by atoms with Crippen LogP contribution < -0.4 is 37.3 Å². The van der Waals surface area contributed by atoms with Crippen LogP contribution in [0.5, 0.6) is 17.2 Å². The number of phenols is 1. The van der Waals surface area contributed by atoms with Crippen LogP contribution in [0.1, 0.15) is 88.6 Å². The molecule has 4 atom stereocenters. The van der Waals surface area contributed by atoms with Crippen molar-refractivity contribution < 1.29 is 66.1 Å². The molecule has 0 saturated heterocycles. The second-order valence-electron chi connectivity index (χ2n) is 24.4. The molecule has 7 amide bonds. The maximum absolute atomic E-state index is 14.7. The standard InChI is InChI=1S/C71H95F3N10O11S/c1-48(37-78-38-57-19-24-62-63(35-57)95-47-94-62)32-51(4)68(91)82(29-25-54-17-22-60(85)23-18-54)39-49(2)33-52(5)69(92)83(41-55-12-9-8-10-13-55)40-50(3)34-53(6)70(93)84(42-56-15-20-59(21-16-56)71(72,73)74)44-64(87)79-28-11-14-65(88)81(31-27-76)45-66(89)80(30-26-75)43-61(86)36-58(46-96-7)67(77)90/h8-10,12-13,15-24,32-35,51-53,58,78,85H,11,14,25-31,36-47,75-76H2,1-7H3,(H2,77,90)(H,79,87)/b48-32+,49-33+,50-34+/t51-,52-,53-,58?/m1/s1. The molecule has 1 aliphatic rings. The van der Waals surface area contributed by atoms with Crippen molar-refractivity contribution in [2.75, 3.05) is 97.3 Å². The monoisotopic (exact) mass is 1350 g/mol. The van der Waals surface area contributed by atoms with Crippen molar-refractivity contribution in [3.63, 3.8) is 0 Å². The van der Waals surface area contributed by atoms with E-state index in [2.05, 4.69) is 10.6 Å². The van der Waals surface area contributed by atoms with Crippen molar-refractivity contribution in [2.45, 2.75) is 93.0 Å². The van der Waals surface area contributed by atoms with Gasteiger partial charge in [-0.05, 0) is 98.5 Å². The number of phenolic OH excluding ortho intramolecular Hbond substituents is 1. The van der Waals surface area contributed by atoms with E-state index in [1.54, 1.807) is 55.0 Å². The van der Waals surface area contributed by atoms with Gasteiger partial charge in [-0.25, -0.2) is 0 Å². The van der Waals surface area contributed by atoms with Crippen LogP contribution in [0.3, 0.4) is 0 Å². The number of thioether (sulfide) groups is 1. The number of ether oxygens (including phenoxy) is 2. The van der Waals surface area contributed by atoms with E-state index in [1.807, 2.05) is 93.6 Å². The van der Waals surface area contributed by atoms with E-state index in [0.717, 1.165) is 40.0 Å². The van der Waals surface area contributed by atoms with Crippen molar-refractivity contribution in [2.24, 2.45) is 40.9 Å². The number of hydrogen-bond donors (Lipinski definition) is 6. The molecule has 4 aromatic carbocycles. The van der Waals surface area contributed by atoms with Crippen molar-refractivity contribution >= 4 is 58.9 Å². The molecule has 4 aromatic rings. The van der Waals surface area contributed by atoms with Gasteiger partial charge in [-0.3, -0.25) is 38.4 Å². The van der Waals surface area contributed by atoms with Gasteiger partial charge in [0.15, 0.2) is 17.3 Å². The zero-order valence-electron chi connectivity index (χ0n) is 56.2. The maximum Gasteiger partial charge on any atom is 0.416 e. The minimum Gasteiger partial charge on any atom is -0.508 e. The lowest BCUT2D eigenvalue weighted by Gasteiger charge is -2.28. The number of aromatic hydroxyl groups is 1. The number of ketones is 1. The summed E-state index contributed by atoms with van der Waals surface area (Å²) < 4.78 is 51.8. The summed E-state index contributed by atoms with van der Waals surface area (Å²) in [6.07, 6.45) is 2.96. The van der Waals surface area contributed by atoms with E-state index in [4.69, 9.17) is 26.7 Å². The summed E-state index contributed by atoms with van der Waals surface area (Å²) in [5.74, 6) is -4.45. The lowest BCUT2D eigenvalue weighted by atomic mass is 10.0. The SMILES string of the molecule is CSCC(CC(=O)CN(CCN)C(=O)CN(CCN)C(=O)CCCNC(=O)CN(Cc1ccc(C(F)(F)F)cc1)C(=O)[C@H](C)/C=C(\C)CN(Cc1ccccc1)C(=O)[C@H](C)/C=C(\C)CN(CCc1ccc(O)cc1)C(=O)[C@H](C)/C=C(\C)CNCc1ccc2c(c1)OCO2)C(N)=O. The summed E-state index contributed by atoms with van der Waals surface area (Å²) in [5, 5.41) is 16.1. The number of carbonyl (C=O) groups excluding carboxylic acids is 8. The molecule has 5 rings (SSSR count). The highest BCUT2D eigenvalue weighted by Gasteiger charge is 2.32. The van der Waals surface area contributed by atoms with Gasteiger partial charge in [0.25, 0.3) is 0 Å². The molecule has 0 spiro atoms. The number of hydrogen-bond acceptors (Lipinski definition) is 15. The Hall–Kier alpha value is -8.52. The Morgan fingerprint density at radius 2 is 1.16 bits per heavy atom. The molecule has 25 heteroatoms. The number of primary amides is 1. The normalized spacial score (nSPS) is 13.6. The van der Waals surface area contributed by atoms with Gasteiger partial charge < -0.3 is 66.9 Å². The first-order valence-electron chi connectivity index (χ1n) is 32.2. The number of nitrogens with zero attached hydrogens (tertiary/aromatic N) is 5. The van der Waals surface area contributed by atoms with Crippen LogP contribution in [0.25, 0.3) is 0 Å². The first-order chi connectivity index (χ1) is 45.7. The molecule has 96 heavy (non-hydrogen) atoms. The second kappa shape index (κ2) is 39.5. The molecule has 0 saturated carbocycles. The van der Waals surface area contributed by atoms with E-state index in [-0.39, 0.29) is 109 Å². The average Bonchev–Trinajstić information content (AvgIpc) is 1.85. The van der Waals surface area contributed by atoms with Crippen LogP contribution in [-0.4, -0.2) is 174 Å². The largest absolute Gasteiger partial charge is 0.508 e. The van der Waals surface area contributed by atoms with Gasteiger partial charge in [0, 0.05) is 97.1 Å². The Balaban J connectivity index is 1.27. The highest BCUT2D eigenvalue weighted by atomic mass is 32.2.